The van der Waals surface area contributed by atoms with Crippen LogP contribution in [-0.2, 0) is 6.42 Å². The topological polar surface area (TPSA) is 24.9 Å². The monoisotopic (exact) mass is 472 g/mol. The van der Waals surface area contributed by atoms with Crippen molar-refractivity contribution in [1.29, 1.82) is 0 Å². The molecule has 0 N–H and O–H groups in total. The normalized spacial score (nSPS) is 14.5. The van der Waals surface area contributed by atoms with E-state index < -0.39 is 0 Å². The van der Waals surface area contributed by atoms with Gasteiger partial charge in [0.1, 0.15) is 11.5 Å². The van der Waals surface area contributed by atoms with Crippen LogP contribution in [0.15, 0.2) is 72.1 Å². The van der Waals surface area contributed by atoms with Gasteiger partial charge in [-0.2, -0.15) is 0 Å². The molecule has 0 bridgehead atoms. The molecule has 0 unspecified atom stereocenters. The number of benzene rings is 3. The minimum absolute atomic E-state index is 0.895. The molecular formula is C29H32N2O2S. The lowest BCUT2D eigenvalue weighted by atomic mass is 10.0. The fraction of sp³-hybridized carbons (Fsp3) is 0.310. The molecule has 5 heteroatoms. The summed E-state index contributed by atoms with van der Waals surface area (Å²) in [5.74, 6) is 1.86. The molecule has 176 valence electrons. The Balaban J connectivity index is 1.19. The molecule has 1 fully saturated rings. The van der Waals surface area contributed by atoms with Crippen molar-refractivity contribution >= 4 is 27.1 Å². The minimum atomic E-state index is 0.895. The molecule has 4 aromatic rings. The van der Waals surface area contributed by atoms with Gasteiger partial charge in [-0.3, -0.25) is 4.90 Å². The van der Waals surface area contributed by atoms with Crippen molar-refractivity contribution in [2.75, 3.05) is 51.8 Å². The maximum absolute atomic E-state index is 5.55. The highest BCUT2D eigenvalue weighted by Gasteiger charge is 2.19. The van der Waals surface area contributed by atoms with Gasteiger partial charge in [-0.05, 0) is 71.1 Å². The quantitative estimate of drug-likeness (QED) is 0.299. The first-order valence-corrected chi connectivity index (χ1v) is 12.9. The molecule has 1 aliphatic heterocycles. The number of nitrogens with zero attached hydrogens (tertiary/aromatic N) is 2. The average molecular weight is 473 g/mol. The van der Waals surface area contributed by atoms with Gasteiger partial charge in [0.05, 0.1) is 19.9 Å². The maximum atomic E-state index is 5.55. The van der Waals surface area contributed by atoms with Crippen LogP contribution in [0.5, 0.6) is 11.5 Å². The van der Waals surface area contributed by atoms with E-state index >= 15 is 0 Å². The largest absolute Gasteiger partial charge is 0.497 e. The summed E-state index contributed by atoms with van der Waals surface area (Å²) < 4.78 is 12.3. The Morgan fingerprint density at radius 2 is 1.62 bits per heavy atom. The Labute approximate surface area is 206 Å². The van der Waals surface area contributed by atoms with Gasteiger partial charge in [-0.15, -0.1) is 11.3 Å². The van der Waals surface area contributed by atoms with Gasteiger partial charge in [0.2, 0.25) is 0 Å². The number of aryl methyl sites for hydroxylation is 1. The van der Waals surface area contributed by atoms with Crippen molar-refractivity contribution in [2.45, 2.75) is 12.8 Å². The molecule has 1 saturated heterocycles. The number of methoxy groups -OCH3 is 2. The molecule has 0 amide bonds. The first kappa shape index (κ1) is 22.8. The summed E-state index contributed by atoms with van der Waals surface area (Å²) in [5, 5.41) is 3.76. The SMILES string of the molecule is COc1ccc(-c2cccc3c(CCCN4CCN(c5ccccc5OC)CC4)csc23)cc1. The maximum Gasteiger partial charge on any atom is 0.142 e. The first-order chi connectivity index (χ1) is 16.8. The van der Waals surface area contributed by atoms with E-state index in [2.05, 4.69) is 57.6 Å². The fourth-order valence-electron chi connectivity index (χ4n) is 4.90. The zero-order valence-electron chi connectivity index (χ0n) is 20.0. The third kappa shape index (κ3) is 4.77. The number of para-hydroxylation sites is 2. The Kier molecular flexibility index (Phi) is 7.02. The lowest BCUT2D eigenvalue weighted by Gasteiger charge is -2.36. The molecular weight excluding hydrogens is 440 g/mol. The van der Waals surface area contributed by atoms with Crippen LogP contribution in [0.4, 0.5) is 5.69 Å². The number of hydrogen-bond donors (Lipinski definition) is 0. The second-order valence-corrected chi connectivity index (χ2v) is 9.66. The number of piperazine rings is 1. The van der Waals surface area contributed by atoms with E-state index in [-0.39, 0.29) is 0 Å². The predicted octanol–water partition coefficient (Wildman–Crippen LogP) is 6.34. The second kappa shape index (κ2) is 10.5. The highest BCUT2D eigenvalue weighted by molar-refractivity contribution is 7.18. The molecule has 4 nitrogen and oxygen atoms in total. The Hall–Kier alpha value is -3.02. The molecule has 0 spiro atoms. The minimum Gasteiger partial charge on any atom is -0.497 e. The molecule has 0 aliphatic carbocycles. The highest BCUT2D eigenvalue weighted by atomic mass is 32.1. The Bertz CT molecular complexity index is 1230. The van der Waals surface area contributed by atoms with Crippen LogP contribution in [0.1, 0.15) is 12.0 Å². The van der Waals surface area contributed by atoms with E-state index in [1.54, 1.807) is 14.2 Å². The number of thiophene rings is 1. The van der Waals surface area contributed by atoms with Crippen LogP contribution in [0.2, 0.25) is 0 Å². The van der Waals surface area contributed by atoms with Crippen molar-refractivity contribution in [3.05, 3.63) is 77.7 Å². The molecule has 34 heavy (non-hydrogen) atoms. The van der Waals surface area contributed by atoms with Gasteiger partial charge in [-0.1, -0.05) is 42.5 Å². The summed E-state index contributed by atoms with van der Waals surface area (Å²) in [6.45, 7) is 5.45. The summed E-state index contributed by atoms with van der Waals surface area (Å²) in [6.07, 6.45) is 2.31. The number of anilines is 1. The summed E-state index contributed by atoms with van der Waals surface area (Å²) >= 11 is 1.87. The fourth-order valence-corrected chi connectivity index (χ4v) is 6.04. The van der Waals surface area contributed by atoms with E-state index in [0.717, 1.165) is 50.6 Å². The number of hydrogen-bond acceptors (Lipinski definition) is 5. The van der Waals surface area contributed by atoms with Crippen molar-refractivity contribution in [3.8, 4) is 22.6 Å². The summed E-state index contributed by atoms with van der Waals surface area (Å²) in [4.78, 5) is 5.05. The van der Waals surface area contributed by atoms with Crippen molar-refractivity contribution in [3.63, 3.8) is 0 Å². The highest BCUT2D eigenvalue weighted by Crippen LogP contribution is 2.36. The lowest BCUT2D eigenvalue weighted by molar-refractivity contribution is 0.254. The van der Waals surface area contributed by atoms with Crippen LogP contribution >= 0.6 is 11.3 Å². The van der Waals surface area contributed by atoms with Crippen LogP contribution < -0.4 is 14.4 Å². The van der Waals surface area contributed by atoms with Crippen molar-refractivity contribution in [2.24, 2.45) is 0 Å². The van der Waals surface area contributed by atoms with Gasteiger partial charge in [-0.25, -0.2) is 0 Å². The number of rotatable bonds is 8. The first-order valence-electron chi connectivity index (χ1n) is 12.0. The summed E-state index contributed by atoms with van der Waals surface area (Å²) in [5.41, 5.74) is 5.24. The average Bonchev–Trinajstić information content (AvgIpc) is 3.32. The summed E-state index contributed by atoms with van der Waals surface area (Å²) in [7, 11) is 3.46. The van der Waals surface area contributed by atoms with Crippen molar-refractivity contribution < 1.29 is 9.47 Å². The summed E-state index contributed by atoms with van der Waals surface area (Å²) in [6, 6.07) is 23.4. The van der Waals surface area contributed by atoms with Gasteiger partial charge in [0.25, 0.3) is 0 Å². The zero-order valence-corrected chi connectivity index (χ0v) is 20.8. The van der Waals surface area contributed by atoms with E-state index in [1.807, 2.05) is 35.6 Å². The molecule has 3 aromatic carbocycles. The van der Waals surface area contributed by atoms with E-state index in [0.29, 0.717) is 0 Å². The third-order valence-electron chi connectivity index (χ3n) is 6.80. The Morgan fingerprint density at radius 1 is 0.824 bits per heavy atom. The smallest absolute Gasteiger partial charge is 0.142 e. The molecule has 5 rings (SSSR count). The standard InChI is InChI=1S/C29H32N2O2S/c1-32-24-14-12-22(13-15-24)25-8-5-9-26-23(21-34-29(25)26)7-6-16-30-17-19-31(20-18-30)27-10-3-4-11-28(27)33-2/h3-5,8-15,21H,6-7,16-20H2,1-2H3. The van der Waals surface area contributed by atoms with E-state index in [4.69, 9.17) is 9.47 Å². The molecule has 0 atom stereocenters. The molecule has 1 aromatic heterocycles. The third-order valence-corrected chi connectivity index (χ3v) is 7.88. The van der Waals surface area contributed by atoms with Crippen molar-refractivity contribution in [1.82, 2.24) is 4.90 Å². The van der Waals surface area contributed by atoms with Gasteiger partial charge < -0.3 is 14.4 Å². The number of ether oxygens (including phenoxy) is 2. The van der Waals surface area contributed by atoms with Gasteiger partial charge in [0, 0.05) is 30.9 Å². The Morgan fingerprint density at radius 3 is 2.38 bits per heavy atom. The molecule has 0 saturated carbocycles. The second-order valence-electron chi connectivity index (χ2n) is 8.78. The van der Waals surface area contributed by atoms with E-state index in [9.17, 15) is 0 Å². The van der Waals surface area contributed by atoms with Gasteiger partial charge >= 0.3 is 0 Å². The predicted molar refractivity (Wildman–Crippen MR) is 144 cm³/mol. The van der Waals surface area contributed by atoms with Crippen LogP contribution in [0.3, 0.4) is 0 Å². The molecule has 1 aliphatic rings. The lowest BCUT2D eigenvalue weighted by Crippen LogP contribution is -2.46. The number of fused-ring (bicyclic) bond motifs is 1. The molecule has 0 radical (unpaired) electrons. The zero-order chi connectivity index (χ0) is 23.3. The van der Waals surface area contributed by atoms with Crippen LogP contribution in [0.25, 0.3) is 21.2 Å². The molecule has 2 heterocycles. The van der Waals surface area contributed by atoms with Crippen LogP contribution in [-0.4, -0.2) is 51.8 Å². The van der Waals surface area contributed by atoms with E-state index in [1.165, 1.54) is 38.9 Å². The van der Waals surface area contributed by atoms with Gasteiger partial charge in [0.15, 0.2) is 0 Å². The van der Waals surface area contributed by atoms with Crippen LogP contribution in [0, 0.1) is 0 Å².